The minimum Gasteiger partial charge on any atom is -0.493 e. The standard InChI is InChI=1S/C14H14INO3/c1-17-13-7-11(16)12(8-14(13)18-2)19-10-5-3-9(15)4-6-10/h3-8H,16H2,1-2H3. The molecule has 0 aromatic heterocycles. The molecule has 0 aliphatic heterocycles. The first kappa shape index (κ1) is 13.8. The maximum Gasteiger partial charge on any atom is 0.164 e. The van der Waals surface area contributed by atoms with Gasteiger partial charge in [-0.2, -0.15) is 0 Å². The van der Waals surface area contributed by atoms with Crippen LogP contribution in [-0.2, 0) is 0 Å². The first-order valence-corrected chi connectivity index (χ1v) is 6.67. The highest BCUT2D eigenvalue weighted by Crippen LogP contribution is 2.38. The fourth-order valence-corrected chi connectivity index (χ4v) is 1.95. The molecule has 2 rings (SSSR count). The molecular weight excluding hydrogens is 357 g/mol. The van der Waals surface area contributed by atoms with E-state index in [4.69, 9.17) is 19.9 Å². The van der Waals surface area contributed by atoms with Crippen molar-refractivity contribution in [1.82, 2.24) is 0 Å². The number of rotatable bonds is 4. The summed E-state index contributed by atoms with van der Waals surface area (Å²) in [6, 6.07) is 11.1. The molecule has 0 bridgehead atoms. The van der Waals surface area contributed by atoms with Crippen molar-refractivity contribution in [3.8, 4) is 23.0 Å². The van der Waals surface area contributed by atoms with Crippen molar-refractivity contribution in [2.75, 3.05) is 20.0 Å². The molecule has 0 saturated heterocycles. The van der Waals surface area contributed by atoms with Crippen LogP contribution >= 0.6 is 22.6 Å². The second kappa shape index (κ2) is 6.01. The molecule has 4 nitrogen and oxygen atoms in total. The number of hydrogen-bond acceptors (Lipinski definition) is 4. The summed E-state index contributed by atoms with van der Waals surface area (Å²) in [5, 5.41) is 0. The highest BCUT2D eigenvalue weighted by molar-refractivity contribution is 14.1. The van der Waals surface area contributed by atoms with E-state index >= 15 is 0 Å². The van der Waals surface area contributed by atoms with Crippen LogP contribution in [0.5, 0.6) is 23.0 Å². The van der Waals surface area contributed by atoms with Gasteiger partial charge in [0.05, 0.1) is 19.9 Å². The summed E-state index contributed by atoms with van der Waals surface area (Å²) < 4.78 is 17.3. The monoisotopic (exact) mass is 371 g/mol. The molecule has 5 heteroatoms. The van der Waals surface area contributed by atoms with Crippen LogP contribution in [0.25, 0.3) is 0 Å². The van der Waals surface area contributed by atoms with E-state index < -0.39 is 0 Å². The van der Waals surface area contributed by atoms with Gasteiger partial charge in [0, 0.05) is 15.7 Å². The zero-order chi connectivity index (χ0) is 13.8. The molecule has 0 aliphatic rings. The van der Waals surface area contributed by atoms with Gasteiger partial charge in [-0.1, -0.05) is 0 Å². The van der Waals surface area contributed by atoms with Crippen molar-refractivity contribution in [1.29, 1.82) is 0 Å². The van der Waals surface area contributed by atoms with Crippen molar-refractivity contribution >= 4 is 28.3 Å². The van der Waals surface area contributed by atoms with Crippen LogP contribution in [0.2, 0.25) is 0 Å². The Hall–Kier alpha value is -1.63. The van der Waals surface area contributed by atoms with Gasteiger partial charge in [-0.3, -0.25) is 0 Å². The predicted octanol–water partition coefficient (Wildman–Crippen LogP) is 3.68. The average molecular weight is 371 g/mol. The Morgan fingerprint density at radius 3 is 2.05 bits per heavy atom. The number of halogens is 1. The van der Waals surface area contributed by atoms with Gasteiger partial charge in [0.2, 0.25) is 0 Å². The summed E-state index contributed by atoms with van der Waals surface area (Å²) in [6.45, 7) is 0. The van der Waals surface area contributed by atoms with Gasteiger partial charge in [0.1, 0.15) is 5.75 Å². The van der Waals surface area contributed by atoms with Gasteiger partial charge in [-0.15, -0.1) is 0 Å². The Morgan fingerprint density at radius 2 is 1.47 bits per heavy atom. The molecule has 0 aliphatic carbocycles. The van der Waals surface area contributed by atoms with Gasteiger partial charge < -0.3 is 19.9 Å². The topological polar surface area (TPSA) is 53.7 Å². The number of nitrogens with two attached hydrogens (primary N) is 1. The lowest BCUT2D eigenvalue weighted by atomic mass is 10.2. The maximum absolute atomic E-state index is 5.94. The maximum atomic E-state index is 5.94. The van der Waals surface area contributed by atoms with E-state index in [2.05, 4.69) is 22.6 Å². The molecule has 0 radical (unpaired) electrons. The Kier molecular flexibility index (Phi) is 4.36. The van der Waals surface area contributed by atoms with Crippen LogP contribution in [0, 0.1) is 3.57 Å². The zero-order valence-corrected chi connectivity index (χ0v) is 12.8. The molecule has 19 heavy (non-hydrogen) atoms. The van der Waals surface area contributed by atoms with Crippen molar-refractivity contribution in [3.05, 3.63) is 40.0 Å². The van der Waals surface area contributed by atoms with E-state index in [0.29, 0.717) is 22.9 Å². The Balaban J connectivity index is 2.32. The van der Waals surface area contributed by atoms with Gasteiger partial charge in [0.25, 0.3) is 0 Å². The minimum absolute atomic E-state index is 0.496. The molecular formula is C14H14INO3. The Labute approximate surface area is 125 Å². The summed E-state index contributed by atoms with van der Waals surface area (Å²) in [6.07, 6.45) is 0. The SMILES string of the molecule is COc1cc(N)c(Oc2ccc(I)cc2)cc1OC. The highest BCUT2D eigenvalue weighted by atomic mass is 127. The number of methoxy groups -OCH3 is 2. The number of ether oxygens (including phenoxy) is 3. The third kappa shape index (κ3) is 3.23. The van der Waals surface area contributed by atoms with Crippen LogP contribution < -0.4 is 19.9 Å². The van der Waals surface area contributed by atoms with Crippen molar-refractivity contribution < 1.29 is 14.2 Å². The van der Waals surface area contributed by atoms with Gasteiger partial charge in [-0.25, -0.2) is 0 Å². The average Bonchev–Trinajstić information content (AvgIpc) is 2.43. The quantitative estimate of drug-likeness (QED) is 0.658. The molecule has 2 N–H and O–H groups in total. The van der Waals surface area contributed by atoms with Crippen LogP contribution in [0.4, 0.5) is 5.69 Å². The summed E-state index contributed by atoms with van der Waals surface area (Å²) in [5.41, 5.74) is 6.43. The molecule has 0 amide bonds. The van der Waals surface area contributed by atoms with Crippen molar-refractivity contribution in [2.24, 2.45) is 0 Å². The highest BCUT2D eigenvalue weighted by Gasteiger charge is 2.10. The lowest BCUT2D eigenvalue weighted by molar-refractivity contribution is 0.352. The largest absolute Gasteiger partial charge is 0.493 e. The van der Waals surface area contributed by atoms with Crippen LogP contribution in [-0.4, -0.2) is 14.2 Å². The first-order chi connectivity index (χ1) is 9.13. The van der Waals surface area contributed by atoms with E-state index in [1.54, 1.807) is 26.4 Å². The Morgan fingerprint density at radius 1 is 0.895 bits per heavy atom. The van der Waals surface area contributed by atoms with E-state index in [0.717, 1.165) is 9.32 Å². The van der Waals surface area contributed by atoms with Gasteiger partial charge >= 0.3 is 0 Å². The third-order valence-electron chi connectivity index (χ3n) is 2.56. The fraction of sp³-hybridized carbons (Fsp3) is 0.143. The van der Waals surface area contributed by atoms with E-state index in [9.17, 15) is 0 Å². The van der Waals surface area contributed by atoms with Gasteiger partial charge in [-0.05, 0) is 46.9 Å². The smallest absolute Gasteiger partial charge is 0.164 e. The summed E-state index contributed by atoms with van der Waals surface area (Å²) in [7, 11) is 3.14. The predicted molar refractivity (Wildman–Crippen MR) is 83.2 cm³/mol. The number of nitrogen functional groups attached to an aromatic ring is 1. The normalized spacial score (nSPS) is 10.1. The van der Waals surface area contributed by atoms with Crippen LogP contribution in [0.1, 0.15) is 0 Å². The number of hydrogen-bond donors (Lipinski definition) is 1. The molecule has 0 spiro atoms. The first-order valence-electron chi connectivity index (χ1n) is 5.59. The lowest BCUT2D eigenvalue weighted by Crippen LogP contribution is -1.96. The second-order valence-electron chi connectivity index (χ2n) is 3.80. The summed E-state index contributed by atoms with van der Waals surface area (Å²) >= 11 is 2.24. The molecule has 2 aromatic rings. The molecule has 0 heterocycles. The summed E-state index contributed by atoms with van der Waals surface area (Å²) in [4.78, 5) is 0. The number of anilines is 1. The molecule has 0 saturated carbocycles. The van der Waals surface area contributed by atoms with E-state index in [1.807, 2.05) is 24.3 Å². The van der Waals surface area contributed by atoms with Crippen molar-refractivity contribution in [2.45, 2.75) is 0 Å². The lowest BCUT2D eigenvalue weighted by Gasteiger charge is -2.13. The molecule has 0 unspecified atom stereocenters. The zero-order valence-electron chi connectivity index (χ0n) is 10.6. The van der Waals surface area contributed by atoms with Crippen LogP contribution in [0.3, 0.4) is 0 Å². The van der Waals surface area contributed by atoms with Crippen LogP contribution in [0.15, 0.2) is 36.4 Å². The second-order valence-corrected chi connectivity index (χ2v) is 5.05. The van der Waals surface area contributed by atoms with Crippen molar-refractivity contribution in [3.63, 3.8) is 0 Å². The number of benzene rings is 2. The third-order valence-corrected chi connectivity index (χ3v) is 3.28. The Bertz CT molecular complexity index is 570. The molecule has 100 valence electrons. The molecule has 0 atom stereocenters. The van der Waals surface area contributed by atoms with E-state index in [-0.39, 0.29) is 0 Å². The minimum atomic E-state index is 0.496. The summed E-state index contributed by atoms with van der Waals surface area (Å²) in [5.74, 6) is 2.42. The van der Waals surface area contributed by atoms with E-state index in [1.165, 1.54) is 0 Å². The molecule has 2 aromatic carbocycles. The molecule has 0 fully saturated rings. The van der Waals surface area contributed by atoms with Gasteiger partial charge in [0.15, 0.2) is 17.2 Å². The fourth-order valence-electron chi connectivity index (χ4n) is 1.59.